The molecule has 1 amide bonds. The third-order valence-electron chi connectivity index (χ3n) is 4.70. The summed E-state index contributed by atoms with van der Waals surface area (Å²) >= 11 is 1.62. The van der Waals surface area contributed by atoms with E-state index in [2.05, 4.69) is 35.9 Å². The molecule has 1 aromatic carbocycles. The van der Waals surface area contributed by atoms with Crippen molar-refractivity contribution < 1.29 is 9.53 Å². The quantitative estimate of drug-likeness (QED) is 0.780. The van der Waals surface area contributed by atoms with Crippen molar-refractivity contribution >= 4 is 17.2 Å². The first-order valence-corrected chi connectivity index (χ1v) is 10.0. The SMILES string of the molecule is CC(C)N1CCO[C@H](CC(=O)N(C)Cc2csc(-c3ccccc3)n2)C1. The van der Waals surface area contributed by atoms with Gasteiger partial charge in [-0.1, -0.05) is 30.3 Å². The van der Waals surface area contributed by atoms with Gasteiger partial charge < -0.3 is 9.64 Å². The summed E-state index contributed by atoms with van der Waals surface area (Å²) in [6, 6.07) is 10.6. The summed E-state index contributed by atoms with van der Waals surface area (Å²) in [5.41, 5.74) is 2.04. The lowest BCUT2D eigenvalue weighted by atomic mass is 10.1. The molecule has 3 rings (SSSR count). The molecule has 1 aliphatic rings. The van der Waals surface area contributed by atoms with Gasteiger partial charge in [0.15, 0.2) is 0 Å². The van der Waals surface area contributed by atoms with E-state index in [1.54, 1.807) is 16.2 Å². The van der Waals surface area contributed by atoms with Gasteiger partial charge in [-0.3, -0.25) is 9.69 Å². The van der Waals surface area contributed by atoms with E-state index < -0.39 is 0 Å². The fourth-order valence-corrected chi connectivity index (χ4v) is 3.93. The molecule has 2 aromatic rings. The zero-order valence-electron chi connectivity index (χ0n) is 15.7. The van der Waals surface area contributed by atoms with Crippen LogP contribution in [0.25, 0.3) is 10.6 Å². The van der Waals surface area contributed by atoms with Crippen molar-refractivity contribution in [1.82, 2.24) is 14.8 Å². The average molecular weight is 374 g/mol. The average Bonchev–Trinajstić information content (AvgIpc) is 3.11. The molecule has 0 saturated carbocycles. The van der Waals surface area contributed by atoms with Crippen LogP contribution in [0.2, 0.25) is 0 Å². The first-order chi connectivity index (χ1) is 12.5. The Bertz CT molecular complexity index is 717. The second kappa shape index (κ2) is 8.75. The minimum atomic E-state index is -0.0172. The molecule has 1 aliphatic heterocycles. The number of morpholine rings is 1. The van der Waals surface area contributed by atoms with Gasteiger partial charge in [0, 0.05) is 37.1 Å². The lowest BCUT2D eigenvalue weighted by Crippen LogP contribution is -2.47. The Morgan fingerprint density at radius 1 is 1.38 bits per heavy atom. The van der Waals surface area contributed by atoms with E-state index in [4.69, 9.17) is 4.74 Å². The van der Waals surface area contributed by atoms with Crippen molar-refractivity contribution in [2.75, 3.05) is 26.7 Å². The molecule has 6 heteroatoms. The van der Waals surface area contributed by atoms with Crippen LogP contribution in [-0.2, 0) is 16.1 Å². The number of carbonyl (C=O) groups is 1. The van der Waals surface area contributed by atoms with Gasteiger partial charge in [0.05, 0.1) is 31.4 Å². The number of hydrogen-bond acceptors (Lipinski definition) is 5. The van der Waals surface area contributed by atoms with Gasteiger partial charge in [-0.25, -0.2) is 4.98 Å². The number of nitrogens with zero attached hydrogens (tertiary/aromatic N) is 3. The number of carbonyl (C=O) groups excluding carboxylic acids is 1. The molecule has 0 aliphatic carbocycles. The van der Waals surface area contributed by atoms with E-state index in [-0.39, 0.29) is 12.0 Å². The van der Waals surface area contributed by atoms with Crippen LogP contribution < -0.4 is 0 Å². The number of rotatable bonds is 6. The largest absolute Gasteiger partial charge is 0.375 e. The lowest BCUT2D eigenvalue weighted by Gasteiger charge is -2.35. The highest BCUT2D eigenvalue weighted by Gasteiger charge is 2.25. The molecule has 0 radical (unpaired) electrons. The first kappa shape index (κ1) is 19.0. The predicted octanol–water partition coefficient (Wildman–Crippen LogP) is 3.27. The third kappa shape index (κ3) is 4.90. The molecule has 5 nitrogen and oxygen atoms in total. The summed E-state index contributed by atoms with van der Waals surface area (Å²) in [5, 5.41) is 3.02. The molecule has 2 heterocycles. The van der Waals surface area contributed by atoms with E-state index in [1.807, 2.05) is 30.6 Å². The van der Waals surface area contributed by atoms with Crippen LogP contribution in [0.5, 0.6) is 0 Å². The van der Waals surface area contributed by atoms with Gasteiger partial charge >= 0.3 is 0 Å². The van der Waals surface area contributed by atoms with Crippen LogP contribution in [0.15, 0.2) is 35.7 Å². The van der Waals surface area contributed by atoms with Gasteiger partial charge in [-0.05, 0) is 13.8 Å². The molecule has 1 fully saturated rings. The van der Waals surface area contributed by atoms with E-state index >= 15 is 0 Å². The third-order valence-corrected chi connectivity index (χ3v) is 5.64. The molecule has 1 aromatic heterocycles. The number of thiazole rings is 1. The van der Waals surface area contributed by atoms with Crippen molar-refractivity contribution in [2.45, 2.75) is 39.0 Å². The first-order valence-electron chi connectivity index (χ1n) is 9.12. The summed E-state index contributed by atoms with van der Waals surface area (Å²) < 4.78 is 5.79. The van der Waals surface area contributed by atoms with E-state index in [1.165, 1.54) is 0 Å². The standard InChI is InChI=1S/C20H27N3O2S/c1-15(2)23-9-10-25-18(13-23)11-19(24)22(3)12-17-14-26-20(21-17)16-7-5-4-6-8-16/h4-8,14-15,18H,9-13H2,1-3H3/t18-/m1/s1. The number of hydrogen-bond donors (Lipinski definition) is 0. The minimum Gasteiger partial charge on any atom is -0.375 e. The highest BCUT2D eigenvalue weighted by atomic mass is 32.1. The maximum Gasteiger partial charge on any atom is 0.225 e. The van der Waals surface area contributed by atoms with Gasteiger partial charge in [0.1, 0.15) is 5.01 Å². The van der Waals surface area contributed by atoms with Crippen molar-refractivity contribution in [3.63, 3.8) is 0 Å². The molecular weight excluding hydrogens is 346 g/mol. The van der Waals surface area contributed by atoms with Gasteiger partial charge in [0.25, 0.3) is 0 Å². The van der Waals surface area contributed by atoms with E-state index in [0.717, 1.165) is 29.4 Å². The number of amides is 1. The maximum absolute atomic E-state index is 12.6. The Morgan fingerprint density at radius 2 is 2.15 bits per heavy atom. The highest BCUT2D eigenvalue weighted by Crippen LogP contribution is 2.24. The molecule has 26 heavy (non-hydrogen) atoms. The normalized spacial score (nSPS) is 18.2. The second-order valence-electron chi connectivity index (χ2n) is 7.05. The molecule has 0 bridgehead atoms. The van der Waals surface area contributed by atoms with E-state index in [0.29, 0.717) is 25.6 Å². The molecule has 1 saturated heterocycles. The molecule has 0 spiro atoms. The summed E-state index contributed by atoms with van der Waals surface area (Å²) in [5.74, 6) is 0.106. The predicted molar refractivity (Wildman–Crippen MR) is 105 cm³/mol. The Kier molecular flexibility index (Phi) is 6.40. The van der Waals surface area contributed by atoms with Crippen LogP contribution in [-0.4, -0.2) is 59.6 Å². The summed E-state index contributed by atoms with van der Waals surface area (Å²) in [7, 11) is 1.84. The summed E-state index contributed by atoms with van der Waals surface area (Å²) in [4.78, 5) is 21.4. The van der Waals surface area contributed by atoms with E-state index in [9.17, 15) is 4.79 Å². The smallest absolute Gasteiger partial charge is 0.225 e. The maximum atomic E-state index is 12.6. The minimum absolute atomic E-state index is 0.0172. The molecule has 1 atom stereocenters. The van der Waals surface area contributed by atoms with Crippen molar-refractivity contribution in [3.8, 4) is 10.6 Å². The molecule has 140 valence electrons. The lowest BCUT2D eigenvalue weighted by molar-refractivity contribution is -0.135. The number of benzene rings is 1. The number of aromatic nitrogens is 1. The number of ether oxygens (including phenoxy) is 1. The zero-order valence-corrected chi connectivity index (χ0v) is 16.5. The Balaban J connectivity index is 1.54. The Morgan fingerprint density at radius 3 is 2.88 bits per heavy atom. The van der Waals surface area contributed by atoms with Gasteiger partial charge in [0.2, 0.25) is 5.91 Å². The summed E-state index contributed by atoms with van der Waals surface area (Å²) in [6.07, 6.45) is 0.409. The molecule has 0 unspecified atom stereocenters. The van der Waals surface area contributed by atoms with Crippen molar-refractivity contribution in [2.24, 2.45) is 0 Å². The van der Waals surface area contributed by atoms with Crippen LogP contribution in [0.1, 0.15) is 26.0 Å². The van der Waals surface area contributed by atoms with Gasteiger partial charge in [-0.15, -0.1) is 11.3 Å². The van der Waals surface area contributed by atoms with Crippen LogP contribution in [0, 0.1) is 0 Å². The fraction of sp³-hybridized carbons (Fsp3) is 0.500. The Labute approximate surface area is 159 Å². The topological polar surface area (TPSA) is 45.7 Å². The van der Waals surface area contributed by atoms with Crippen LogP contribution >= 0.6 is 11.3 Å². The van der Waals surface area contributed by atoms with Crippen LogP contribution in [0.4, 0.5) is 0 Å². The fourth-order valence-electron chi connectivity index (χ4n) is 3.11. The monoisotopic (exact) mass is 373 g/mol. The molecule has 0 N–H and O–H groups in total. The summed E-state index contributed by atoms with van der Waals surface area (Å²) in [6.45, 7) is 7.37. The van der Waals surface area contributed by atoms with Crippen LogP contribution in [0.3, 0.4) is 0 Å². The second-order valence-corrected chi connectivity index (χ2v) is 7.90. The van der Waals surface area contributed by atoms with Gasteiger partial charge in [-0.2, -0.15) is 0 Å². The van der Waals surface area contributed by atoms with Crippen molar-refractivity contribution in [3.05, 3.63) is 41.4 Å². The van der Waals surface area contributed by atoms with Crippen molar-refractivity contribution in [1.29, 1.82) is 0 Å². The molecular formula is C20H27N3O2S. The highest BCUT2D eigenvalue weighted by molar-refractivity contribution is 7.13. The Hall–Kier alpha value is -1.76. The zero-order chi connectivity index (χ0) is 18.5.